The molecule has 0 unspecified atom stereocenters. The predicted molar refractivity (Wildman–Crippen MR) is 61.3 cm³/mol. The van der Waals surface area contributed by atoms with E-state index in [1.54, 1.807) is 13.0 Å². The van der Waals surface area contributed by atoms with Crippen molar-refractivity contribution in [2.45, 2.75) is 19.8 Å². The standard InChI is InChI=1S/C12H17NO2/c1-10(15)11-5-4-6-12(9-11)13-7-2-3-8-14/h4-6,9,13-14H,2-3,7-8H2,1H3. The van der Waals surface area contributed by atoms with E-state index in [0.29, 0.717) is 0 Å². The molecule has 3 heteroatoms. The summed E-state index contributed by atoms with van der Waals surface area (Å²) in [6.07, 6.45) is 1.74. The molecule has 2 N–H and O–H groups in total. The summed E-state index contributed by atoms with van der Waals surface area (Å²) in [5.74, 6) is 0.0778. The Morgan fingerprint density at radius 1 is 1.40 bits per heavy atom. The minimum atomic E-state index is 0.0778. The molecule has 3 nitrogen and oxygen atoms in total. The van der Waals surface area contributed by atoms with Crippen LogP contribution in [0, 0.1) is 0 Å². The van der Waals surface area contributed by atoms with Crippen molar-refractivity contribution in [3.8, 4) is 0 Å². The van der Waals surface area contributed by atoms with E-state index in [1.807, 2.05) is 18.2 Å². The van der Waals surface area contributed by atoms with E-state index in [1.165, 1.54) is 0 Å². The lowest BCUT2D eigenvalue weighted by atomic mass is 10.1. The first-order chi connectivity index (χ1) is 7.24. The number of carbonyl (C=O) groups excluding carboxylic acids is 1. The van der Waals surface area contributed by atoms with Crippen LogP contribution < -0.4 is 5.32 Å². The number of aliphatic hydroxyl groups excluding tert-OH is 1. The molecule has 1 aromatic rings. The van der Waals surface area contributed by atoms with Crippen molar-refractivity contribution in [3.05, 3.63) is 29.8 Å². The second kappa shape index (κ2) is 6.19. The van der Waals surface area contributed by atoms with Crippen LogP contribution in [-0.4, -0.2) is 24.0 Å². The maximum atomic E-state index is 11.1. The van der Waals surface area contributed by atoms with Crippen molar-refractivity contribution < 1.29 is 9.90 Å². The van der Waals surface area contributed by atoms with Gasteiger partial charge in [0.1, 0.15) is 0 Å². The number of nitrogens with one attached hydrogen (secondary N) is 1. The quantitative estimate of drug-likeness (QED) is 0.554. The first-order valence-electron chi connectivity index (χ1n) is 5.20. The van der Waals surface area contributed by atoms with Gasteiger partial charge in [0.05, 0.1) is 0 Å². The Morgan fingerprint density at radius 2 is 2.20 bits per heavy atom. The van der Waals surface area contributed by atoms with Crippen molar-refractivity contribution in [3.63, 3.8) is 0 Å². The largest absolute Gasteiger partial charge is 0.396 e. The summed E-state index contributed by atoms with van der Waals surface area (Å²) in [6, 6.07) is 7.46. The fourth-order valence-electron chi connectivity index (χ4n) is 1.32. The van der Waals surface area contributed by atoms with Gasteiger partial charge in [-0.2, -0.15) is 0 Å². The molecule has 0 bridgehead atoms. The van der Waals surface area contributed by atoms with Gasteiger partial charge in [-0.3, -0.25) is 4.79 Å². The Morgan fingerprint density at radius 3 is 2.87 bits per heavy atom. The molecule has 0 aromatic heterocycles. The van der Waals surface area contributed by atoms with Crippen molar-refractivity contribution >= 4 is 11.5 Å². The van der Waals surface area contributed by atoms with Crippen molar-refractivity contribution in [2.75, 3.05) is 18.5 Å². The van der Waals surface area contributed by atoms with E-state index in [-0.39, 0.29) is 12.4 Å². The number of Topliss-reactive ketones (excluding diaryl/α,β-unsaturated/α-hetero) is 1. The molecule has 0 saturated heterocycles. The second-order valence-corrected chi connectivity index (χ2v) is 3.49. The molecule has 15 heavy (non-hydrogen) atoms. The fourth-order valence-corrected chi connectivity index (χ4v) is 1.32. The first-order valence-corrected chi connectivity index (χ1v) is 5.20. The van der Waals surface area contributed by atoms with Crippen molar-refractivity contribution in [1.29, 1.82) is 0 Å². The molecule has 0 aliphatic rings. The van der Waals surface area contributed by atoms with Crippen LogP contribution in [-0.2, 0) is 0 Å². The number of ketones is 1. The first kappa shape index (κ1) is 11.7. The number of unbranched alkanes of at least 4 members (excludes halogenated alkanes) is 1. The lowest BCUT2D eigenvalue weighted by Crippen LogP contribution is -2.03. The Bertz CT molecular complexity index is 323. The molecule has 0 radical (unpaired) electrons. The number of hydrogen-bond donors (Lipinski definition) is 2. The molecule has 0 fully saturated rings. The summed E-state index contributed by atoms with van der Waals surface area (Å²) in [4.78, 5) is 11.1. The van der Waals surface area contributed by atoms with Crippen LogP contribution in [0.1, 0.15) is 30.1 Å². The minimum absolute atomic E-state index is 0.0778. The maximum Gasteiger partial charge on any atom is 0.159 e. The number of anilines is 1. The monoisotopic (exact) mass is 207 g/mol. The third-order valence-electron chi connectivity index (χ3n) is 2.18. The number of hydrogen-bond acceptors (Lipinski definition) is 3. The SMILES string of the molecule is CC(=O)c1cccc(NCCCCO)c1. The molecular formula is C12H17NO2. The zero-order valence-electron chi connectivity index (χ0n) is 8.99. The van der Waals surface area contributed by atoms with Crippen LogP contribution in [0.25, 0.3) is 0 Å². The van der Waals surface area contributed by atoms with Gasteiger partial charge < -0.3 is 10.4 Å². The normalized spacial score (nSPS) is 10.0. The second-order valence-electron chi connectivity index (χ2n) is 3.49. The molecule has 1 aromatic carbocycles. The molecule has 0 saturated carbocycles. The summed E-state index contributed by atoms with van der Waals surface area (Å²) in [6.45, 7) is 2.61. The van der Waals surface area contributed by atoms with E-state index in [9.17, 15) is 4.79 Å². The lowest BCUT2D eigenvalue weighted by molar-refractivity contribution is 0.101. The zero-order chi connectivity index (χ0) is 11.1. The van der Waals surface area contributed by atoms with Crippen LogP contribution in [0.5, 0.6) is 0 Å². The average molecular weight is 207 g/mol. The topological polar surface area (TPSA) is 49.3 Å². The van der Waals surface area contributed by atoms with E-state index in [4.69, 9.17) is 5.11 Å². The van der Waals surface area contributed by atoms with E-state index >= 15 is 0 Å². The highest BCUT2D eigenvalue weighted by atomic mass is 16.2. The number of rotatable bonds is 6. The highest BCUT2D eigenvalue weighted by Crippen LogP contribution is 2.11. The third-order valence-corrected chi connectivity index (χ3v) is 2.18. The number of aliphatic hydroxyl groups is 1. The van der Waals surface area contributed by atoms with Gasteiger partial charge in [-0.25, -0.2) is 0 Å². The summed E-state index contributed by atoms with van der Waals surface area (Å²) in [7, 11) is 0. The molecule has 0 heterocycles. The van der Waals surface area contributed by atoms with Crippen LogP contribution >= 0.6 is 0 Å². The van der Waals surface area contributed by atoms with Crippen molar-refractivity contribution in [2.24, 2.45) is 0 Å². The van der Waals surface area contributed by atoms with Gasteiger partial charge in [-0.05, 0) is 31.9 Å². The van der Waals surface area contributed by atoms with Crippen LogP contribution in [0.15, 0.2) is 24.3 Å². The summed E-state index contributed by atoms with van der Waals surface area (Å²) in [5.41, 5.74) is 1.68. The molecule has 1 rings (SSSR count). The van der Waals surface area contributed by atoms with Crippen LogP contribution in [0.3, 0.4) is 0 Å². The highest BCUT2D eigenvalue weighted by molar-refractivity contribution is 5.94. The number of benzene rings is 1. The van der Waals surface area contributed by atoms with Gasteiger partial charge in [0.2, 0.25) is 0 Å². The maximum absolute atomic E-state index is 11.1. The Hall–Kier alpha value is -1.35. The van der Waals surface area contributed by atoms with E-state index < -0.39 is 0 Å². The minimum Gasteiger partial charge on any atom is -0.396 e. The molecular weight excluding hydrogens is 190 g/mol. The Kier molecular flexibility index (Phi) is 4.84. The van der Waals surface area contributed by atoms with Crippen LogP contribution in [0.2, 0.25) is 0 Å². The van der Waals surface area contributed by atoms with Gasteiger partial charge in [-0.1, -0.05) is 12.1 Å². The van der Waals surface area contributed by atoms with E-state index in [0.717, 1.165) is 30.6 Å². The van der Waals surface area contributed by atoms with Gasteiger partial charge >= 0.3 is 0 Å². The molecule has 0 amide bonds. The van der Waals surface area contributed by atoms with Crippen LogP contribution in [0.4, 0.5) is 5.69 Å². The van der Waals surface area contributed by atoms with Crippen molar-refractivity contribution in [1.82, 2.24) is 0 Å². The smallest absolute Gasteiger partial charge is 0.159 e. The highest BCUT2D eigenvalue weighted by Gasteiger charge is 1.99. The fraction of sp³-hybridized carbons (Fsp3) is 0.417. The summed E-state index contributed by atoms with van der Waals surface area (Å²) >= 11 is 0. The Balaban J connectivity index is 2.47. The molecule has 0 aliphatic heterocycles. The summed E-state index contributed by atoms with van der Waals surface area (Å²) < 4.78 is 0. The molecule has 82 valence electrons. The number of carbonyl (C=O) groups is 1. The Labute approximate surface area is 90.1 Å². The lowest BCUT2D eigenvalue weighted by Gasteiger charge is -2.06. The summed E-state index contributed by atoms with van der Waals surface area (Å²) in [5, 5.41) is 11.8. The molecule has 0 aliphatic carbocycles. The molecule has 0 spiro atoms. The third kappa shape index (κ3) is 4.13. The van der Waals surface area contributed by atoms with Gasteiger partial charge in [0, 0.05) is 24.4 Å². The van der Waals surface area contributed by atoms with Gasteiger partial charge in [0.25, 0.3) is 0 Å². The van der Waals surface area contributed by atoms with Gasteiger partial charge in [0.15, 0.2) is 5.78 Å². The average Bonchev–Trinajstić information content (AvgIpc) is 2.25. The zero-order valence-corrected chi connectivity index (χ0v) is 8.99. The van der Waals surface area contributed by atoms with Gasteiger partial charge in [-0.15, -0.1) is 0 Å². The predicted octanol–water partition coefficient (Wildman–Crippen LogP) is 2.07. The van der Waals surface area contributed by atoms with E-state index in [2.05, 4.69) is 5.32 Å². The molecule has 0 atom stereocenters.